The summed E-state index contributed by atoms with van der Waals surface area (Å²) in [7, 11) is 1.67. The molecule has 1 aromatic carbocycles. The van der Waals surface area contributed by atoms with Gasteiger partial charge in [0.25, 0.3) is 0 Å². The Labute approximate surface area is 113 Å². The van der Waals surface area contributed by atoms with E-state index >= 15 is 0 Å². The van der Waals surface area contributed by atoms with Gasteiger partial charge in [-0.1, -0.05) is 6.07 Å². The van der Waals surface area contributed by atoms with Crippen molar-refractivity contribution < 1.29 is 9.47 Å². The predicted molar refractivity (Wildman–Crippen MR) is 76.6 cm³/mol. The first-order valence-electron chi connectivity index (χ1n) is 6.38. The van der Waals surface area contributed by atoms with E-state index in [4.69, 9.17) is 15.2 Å². The average Bonchev–Trinajstić information content (AvgIpc) is 2.40. The van der Waals surface area contributed by atoms with E-state index in [0.717, 1.165) is 29.2 Å². The van der Waals surface area contributed by atoms with Crippen LogP contribution >= 0.6 is 11.8 Å². The second kappa shape index (κ2) is 6.34. The number of rotatable bonds is 4. The fourth-order valence-electron chi connectivity index (χ4n) is 2.05. The predicted octanol–water partition coefficient (Wildman–Crippen LogP) is 2.99. The zero-order chi connectivity index (χ0) is 13.0. The summed E-state index contributed by atoms with van der Waals surface area (Å²) < 4.78 is 11.4. The Hall–Kier alpha value is -0.870. The lowest BCUT2D eigenvalue weighted by molar-refractivity contribution is 0.202. The molecule has 100 valence electrons. The largest absolute Gasteiger partial charge is 0.493 e. The third-order valence-electron chi connectivity index (χ3n) is 3.13. The summed E-state index contributed by atoms with van der Waals surface area (Å²) >= 11 is 1.96. The SMILES string of the molecule is COc1cc(C(C)N)ccc1OC1CCCSC1. The number of ether oxygens (including phenoxy) is 2. The Bertz CT molecular complexity index is 389. The molecule has 0 saturated carbocycles. The Balaban J connectivity index is 2.11. The third kappa shape index (κ3) is 3.33. The molecule has 1 saturated heterocycles. The molecule has 0 aromatic heterocycles. The Morgan fingerprint density at radius 1 is 1.39 bits per heavy atom. The summed E-state index contributed by atoms with van der Waals surface area (Å²) in [6.45, 7) is 1.97. The molecule has 0 bridgehead atoms. The summed E-state index contributed by atoms with van der Waals surface area (Å²) in [5, 5.41) is 0. The van der Waals surface area contributed by atoms with Crippen LogP contribution in [0.5, 0.6) is 11.5 Å². The van der Waals surface area contributed by atoms with Crippen LogP contribution in [0.3, 0.4) is 0 Å². The highest BCUT2D eigenvalue weighted by molar-refractivity contribution is 7.99. The van der Waals surface area contributed by atoms with Crippen LogP contribution in [0.25, 0.3) is 0 Å². The minimum absolute atomic E-state index is 0.0122. The molecule has 2 rings (SSSR count). The van der Waals surface area contributed by atoms with Gasteiger partial charge in [-0.2, -0.15) is 11.8 Å². The normalized spacial score (nSPS) is 21.4. The van der Waals surface area contributed by atoms with E-state index in [1.54, 1.807) is 7.11 Å². The standard InChI is InChI=1S/C14H21NO2S/c1-10(15)11-5-6-13(14(8-11)16-2)17-12-4-3-7-18-9-12/h5-6,8,10,12H,3-4,7,9,15H2,1-2H3. The molecule has 2 N–H and O–H groups in total. The Morgan fingerprint density at radius 2 is 2.22 bits per heavy atom. The van der Waals surface area contributed by atoms with Gasteiger partial charge in [-0.15, -0.1) is 0 Å². The van der Waals surface area contributed by atoms with Crippen LogP contribution in [0.1, 0.15) is 31.4 Å². The van der Waals surface area contributed by atoms with Gasteiger partial charge in [-0.3, -0.25) is 0 Å². The molecule has 1 heterocycles. The fraction of sp³-hybridized carbons (Fsp3) is 0.571. The van der Waals surface area contributed by atoms with Crippen LogP contribution in [-0.4, -0.2) is 24.7 Å². The van der Waals surface area contributed by atoms with Gasteiger partial charge in [-0.25, -0.2) is 0 Å². The molecule has 3 nitrogen and oxygen atoms in total. The van der Waals surface area contributed by atoms with Crippen molar-refractivity contribution >= 4 is 11.8 Å². The maximum absolute atomic E-state index is 6.03. The molecule has 4 heteroatoms. The quantitative estimate of drug-likeness (QED) is 0.911. The first-order valence-corrected chi connectivity index (χ1v) is 7.54. The van der Waals surface area contributed by atoms with Crippen LogP contribution in [0.15, 0.2) is 18.2 Å². The van der Waals surface area contributed by atoms with Crippen LogP contribution in [0, 0.1) is 0 Å². The van der Waals surface area contributed by atoms with Gasteiger partial charge < -0.3 is 15.2 Å². The molecular formula is C14H21NO2S. The van der Waals surface area contributed by atoms with Gasteiger partial charge in [0.15, 0.2) is 11.5 Å². The molecule has 2 atom stereocenters. The van der Waals surface area contributed by atoms with E-state index in [1.165, 1.54) is 12.2 Å². The van der Waals surface area contributed by atoms with E-state index in [-0.39, 0.29) is 6.04 Å². The van der Waals surface area contributed by atoms with E-state index in [2.05, 4.69) is 0 Å². The molecule has 1 fully saturated rings. The highest BCUT2D eigenvalue weighted by atomic mass is 32.2. The molecule has 2 unspecified atom stereocenters. The lowest BCUT2D eigenvalue weighted by Gasteiger charge is -2.24. The van der Waals surface area contributed by atoms with Crippen molar-refractivity contribution in [2.24, 2.45) is 5.73 Å². The number of hydrogen-bond acceptors (Lipinski definition) is 4. The van der Waals surface area contributed by atoms with Crippen molar-refractivity contribution in [1.82, 2.24) is 0 Å². The molecule has 1 aromatic rings. The number of benzene rings is 1. The maximum Gasteiger partial charge on any atom is 0.161 e. The molecule has 18 heavy (non-hydrogen) atoms. The van der Waals surface area contributed by atoms with Gasteiger partial charge in [-0.05, 0) is 43.2 Å². The van der Waals surface area contributed by atoms with Gasteiger partial charge in [0.1, 0.15) is 6.10 Å². The van der Waals surface area contributed by atoms with Gasteiger partial charge in [0.05, 0.1) is 7.11 Å². The van der Waals surface area contributed by atoms with Crippen LogP contribution in [-0.2, 0) is 0 Å². The summed E-state index contributed by atoms with van der Waals surface area (Å²) in [5.74, 6) is 3.92. The third-order valence-corrected chi connectivity index (χ3v) is 4.31. The number of nitrogens with two attached hydrogens (primary N) is 1. The number of thioether (sulfide) groups is 1. The van der Waals surface area contributed by atoms with E-state index in [0.29, 0.717) is 6.10 Å². The second-order valence-corrected chi connectivity index (χ2v) is 5.81. The Morgan fingerprint density at radius 3 is 2.83 bits per heavy atom. The number of hydrogen-bond donors (Lipinski definition) is 1. The first-order chi connectivity index (χ1) is 8.70. The molecule has 0 spiro atoms. The van der Waals surface area contributed by atoms with Crippen LogP contribution in [0.4, 0.5) is 0 Å². The lowest BCUT2D eigenvalue weighted by atomic mass is 10.1. The first kappa shape index (κ1) is 13.6. The molecule has 1 aliphatic heterocycles. The van der Waals surface area contributed by atoms with E-state index < -0.39 is 0 Å². The minimum Gasteiger partial charge on any atom is -0.493 e. The van der Waals surface area contributed by atoms with Crippen molar-refractivity contribution in [3.63, 3.8) is 0 Å². The monoisotopic (exact) mass is 267 g/mol. The van der Waals surface area contributed by atoms with Crippen LogP contribution in [0.2, 0.25) is 0 Å². The van der Waals surface area contributed by atoms with E-state index in [9.17, 15) is 0 Å². The molecule has 0 radical (unpaired) electrons. The number of methoxy groups -OCH3 is 1. The van der Waals surface area contributed by atoms with E-state index in [1.807, 2.05) is 36.9 Å². The van der Waals surface area contributed by atoms with Crippen LogP contribution < -0.4 is 15.2 Å². The van der Waals surface area contributed by atoms with Crippen molar-refractivity contribution in [2.75, 3.05) is 18.6 Å². The van der Waals surface area contributed by atoms with Crippen molar-refractivity contribution in [1.29, 1.82) is 0 Å². The zero-order valence-corrected chi connectivity index (χ0v) is 11.8. The highest BCUT2D eigenvalue weighted by Crippen LogP contribution is 2.32. The fourth-order valence-corrected chi connectivity index (χ4v) is 3.08. The average molecular weight is 267 g/mol. The summed E-state index contributed by atoms with van der Waals surface area (Å²) in [6.07, 6.45) is 2.67. The molecular weight excluding hydrogens is 246 g/mol. The summed E-state index contributed by atoms with van der Waals surface area (Å²) in [4.78, 5) is 0. The van der Waals surface area contributed by atoms with Gasteiger partial charge in [0.2, 0.25) is 0 Å². The van der Waals surface area contributed by atoms with Crippen molar-refractivity contribution in [3.8, 4) is 11.5 Å². The van der Waals surface area contributed by atoms with Crippen molar-refractivity contribution in [2.45, 2.75) is 31.9 Å². The zero-order valence-electron chi connectivity index (χ0n) is 11.0. The molecule has 0 amide bonds. The van der Waals surface area contributed by atoms with Crippen molar-refractivity contribution in [3.05, 3.63) is 23.8 Å². The smallest absolute Gasteiger partial charge is 0.161 e. The lowest BCUT2D eigenvalue weighted by Crippen LogP contribution is -2.23. The topological polar surface area (TPSA) is 44.5 Å². The van der Waals surface area contributed by atoms with Gasteiger partial charge in [0, 0.05) is 11.8 Å². The maximum atomic E-state index is 6.03. The van der Waals surface area contributed by atoms with Gasteiger partial charge >= 0.3 is 0 Å². The summed E-state index contributed by atoms with van der Waals surface area (Å²) in [5.41, 5.74) is 6.94. The summed E-state index contributed by atoms with van der Waals surface area (Å²) in [6, 6.07) is 5.96. The minimum atomic E-state index is 0.0122. The second-order valence-electron chi connectivity index (χ2n) is 4.66. The Kier molecular flexibility index (Phi) is 4.78. The highest BCUT2D eigenvalue weighted by Gasteiger charge is 2.17. The molecule has 1 aliphatic rings. The molecule has 0 aliphatic carbocycles.